The number of hydrogen-bond donors (Lipinski definition) is 0. The van der Waals surface area contributed by atoms with Gasteiger partial charge in [-0.2, -0.15) is 0 Å². The molecule has 0 unspecified atom stereocenters. The standard InChI is InChI=1S/C5H16N2OSi/c1-6(2)9(8-5)7(3)4/h9H,1-5H3. The Morgan fingerprint density at radius 2 is 1.33 bits per heavy atom. The van der Waals surface area contributed by atoms with Gasteiger partial charge in [0.1, 0.15) is 0 Å². The summed E-state index contributed by atoms with van der Waals surface area (Å²) in [7, 11) is 8.74. The van der Waals surface area contributed by atoms with Crippen LogP contribution in [-0.4, -0.2) is 53.8 Å². The molecule has 0 saturated heterocycles. The van der Waals surface area contributed by atoms with E-state index < -0.39 is 9.36 Å². The molecular formula is C5H16N2OSi. The average molecular weight is 148 g/mol. The lowest BCUT2D eigenvalue weighted by Gasteiger charge is -2.25. The summed E-state index contributed by atoms with van der Waals surface area (Å²) in [6, 6.07) is 0. The average Bonchev–Trinajstić information content (AvgIpc) is 1.64. The molecule has 0 N–H and O–H groups in total. The second kappa shape index (κ2) is 4.00. The Morgan fingerprint density at radius 3 is 1.33 bits per heavy atom. The van der Waals surface area contributed by atoms with Gasteiger partial charge in [-0.3, -0.25) is 9.13 Å². The van der Waals surface area contributed by atoms with Gasteiger partial charge in [-0.15, -0.1) is 0 Å². The highest BCUT2D eigenvalue weighted by Gasteiger charge is 2.15. The van der Waals surface area contributed by atoms with Crippen molar-refractivity contribution >= 4 is 9.36 Å². The minimum atomic E-state index is -1.19. The summed E-state index contributed by atoms with van der Waals surface area (Å²) in [5.41, 5.74) is 0. The van der Waals surface area contributed by atoms with Crippen molar-refractivity contribution in [1.29, 1.82) is 0 Å². The first kappa shape index (κ1) is 9.10. The lowest BCUT2D eigenvalue weighted by molar-refractivity contribution is 0.303. The van der Waals surface area contributed by atoms with Crippen molar-refractivity contribution in [3.8, 4) is 0 Å². The molecule has 0 aromatic heterocycles. The van der Waals surface area contributed by atoms with E-state index in [9.17, 15) is 0 Å². The fourth-order valence-electron chi connectivity index (χ4n) is 0.884. The van der Waals surface area contributed by atoms with E-state index in [4.69, 9.17) is 4.43 Å². The Bertz CT molecular complexity index is 69.4. The Kier molecular flexibility index (Phi) is 4.04. The van der Waals surface area contributed by atoms with Crippen LogP contribution in [0.25, 0.3) is 0 Å². The van der Waals surface area contributed by atoms with Crippen LogP contribution in [0.3, 0.4) is 0 Å². The highest BCUT2D eigenvalue weighted by atomic mass is 28.3. The van der Waals surface area contributed by atoms with Gasteiger partial charge in [0.25, 0.3) is 0 Å². The topological polar surface area (TPSA) is 15.7 Å². The van der Waals surface area contributed by atoms with Crippen LogP contribution in [0.4, 0.5) is 0 Å². The van der Waals surface area contributed by atoms with Gasteiger partial charge in [0.15, 0.2) is 0 Å². The van der Waals surface area contributed by atoms with Crippen LogP contribution >= 0.6 is 0 Å². The molecule has 0 spiro atoms. The summed E-state index contributed by atoms with van der Waals surface area (Å²) in [6.07, 6.45) is 0. The van der Waals surface area contributed by atoms with Crippen molar-refractivity contribution in [3.05, 3.63) is 0 Å². The van der Waals surface area contributed by atoms with Crippen LogP contribution in [-0.2, 0) is 4.43 Å². The maximum Gasteiger partial charge on any atom is 0.339 e. The van der Waals surface area contributed by atoms with Crippen molar-refractivity contribution in [3.63, 3.8) is 0 Å². The summed E-state index contributed by atoms with van der Waals surface area (Å²) in [5, 5.41) is 0. The zero-order valence-electron chi connectivity index (χ0n) is 6.88. The second-order valence-corrected chi connectivity index (χ2v) is 5.68. The number of rotatable bonds is 3. The van der Waals surface area contributed by atoms with Gasteiger partial charge >= 0.3 is 9.36 Å². The highest BCUT2D eigenvalue weighted by Crippen LogP contribution is 1.89. The number of nitrogens with zero attached hydrogens (tertiary/aromatic N) is 2. The van der Waals surface area contributed by atoms with E-state index in [-0.39, 0.29) is 0 Å². The second-order valence-electron chi connectivity index (χ2n) is 2.49. The number of hydrogen-bond acceptors (Lipinski definition) is 3. The molecule has 3 nitrogen and oxygen atoms in total. The predicted molar refractivity (Wildman–Crippen MR) is 41.5 cm³/mol. The minimum Gasteiger partial charge on any atom is -0.397 e. The van der Waals surface area contributed by atoms with Gasteiger partial charge < -0.3 is 4.43 Å². The molecule has 0 radical (unpaired) electrons. The molecule has 0 aliphatic heterocycles. The molecular weight excluding hydrogens is 132 g/mol. The van der Waals surface area contributed by atoms with Crippen molar-refractivity contribution in [1.82, 2.24) is 9.13 Å². The molecule has 0 aromatic carbocycles. The first-order valence-corrected chi connectivity index (χ1v) is 4.45. The molecule has 0 atom stereocenters. The summed E-state index contributed by atoms with van der Waals surface area (Å²) >= 11 is 0. The van der Waals surface area contributed by atoms with Crippen LogP contribution < -0.4 is 0 Å². The third-order valence-electron chi connectivity index (χ3n) is 1.09. The molecule has 9 heavy (non-hydrogen) atoms. The zero-order chi connectivity index (χ0) is 7.44. The fraction of sp³-hybridized carbons (Fsp3) is 1.00. The zero-order valence-corrected chi connectivity index (χ0v) is 8.03. The largest absolute Gasteiger partial charge is 0.397 e. The van der Waals surface area contributed by atoms with E-state index in [2.05, 4.69) is 9.13 Å². The van der Waals surface area contributed by atoms with Crippen molar-refractivity contribution in [2.24, 2.45) is 0 Å². The first-order valence-electron chi connectivity index (χ1n) is 2.95. The van der Waals surface area contributed by atoms with Crippen molar-refractivity contribution in [2.75, 3.05) is 35.3 Å². The van der Waals surface area contributed by atoms with Gasteiger partial charge in [0.2, 0.25) is 0 Å². The van der Waals surface area contributed by atoms with Crippen LogP contribution in [0.1, 0.15) is 0 Å². The summed E-state index contributed by atoms with van der Waals surface area (Å²) < 4.78 is 9.54. The predicted octanol–water partition coefficient (Wildman–Crippen LogP) is -0.527. The maximum atomic E-state index is 5.26. The molecule has 0 rings (SSSR count). The normalized spacial score (nSPS) is 12.0. The molecule has 0 heterocycles. The lowest BCUT2D eigenvalue weighted by atomic mass is 11.3. The van der Waals surface area contributed by atoms with Gasteiger partial charge in [-0.25, -0.2) is 0 Å². The summed E-state index contributed by atoms with van der Waals surface area (Å²) in [5.74, 6) is 0. The Morgan fingerprint density at radius 1 is 1.00 bits per heavy atom. The third-order valence-corrected chi connectivity index (χ3v) is 3.28. The Labute approximate surface area is 59.1 Å². The van der Waals surface area contributed by atoms with Crippen molar-refractivity contribution in [2.45, 2.75) is 0 Å². The van der Waals surface area contributed by atoms with Gasteiger partial charge in [-0.05, 0) is 28.2 Å². The van der Waals surface area contributed by atoms with Gasteiger partial charge in [0, 0.05) is 7.11 Å². The highest BCUT2D eigenvalue weighted by molar-refractivity contribution is 6.44. The molecule has 0 aromatic rings. The molecule has 0 bridgehead atoms. The smallest absolute Gasteiger partial charge is 0.339 e. The monoisotopic (exact) mass is 148 g/mol. The summed E-state index contributed by atoms with van der Waals surface area (Å²) in [6.45, 7) is 0. The van der Waals surface area contributed by atoms with E-state index in [1.54, 1.807) is 7.11 Å². The van der Waals surface area contributed by atoms with Crippen LogP contribution in [0.15, 0.2) is 0 Å². The molecule has 0 amide bonds. The van der Waals surface area contributed by atoms with Crippen LogP contribution in [0.2, 0.25) is 0 Å². The fourth-order valence-corrected chi connectivity index (χ4v) is 2.65. The lowest BCUT2D eigenvalue weighted by Crippen LogP contribution is -2.47. The molecule has 0 aliphatic rings. The van der Waals surface area contributed by atoms with Crippen LogP contribution in [0, 0.1) is 0 Å². The molecule has 4 heteroatoms. The van der Waals surface area contributed by atoms with Gasteiger partial charge in [0.05, 0.1) is 0 Å². The van der Waals surface area contributed by atoms with E-state index in [1.165, 1.54) is 0 Å². The maximum absolute atomic E-state index is 5.26. The molecule has 0 aliphatic carbocycles. The molecule has 0 fully saturated rings. The third kappa shape index (κ3) is 2.95. The van der Waals surface area contributed by atoms with Crippen LogP contribution in [0.5, 0.6) is 0 Å². The van der Waals surface area contributed by atoms with E-state index in [1.807, 2.05) is 28.2 Å². The van der Waals surface area contributed by atoms with Gasteiger partial charge in [-0.1, -0.05) is 0 Å². The minimum absolute atomic E-state index is 1.19. The van der Waals surface area contributed by atoms with E-state index >= 15 is 0 Å². The van der Waals surface area contributed by atoms with E-state index in [0.29, 0.717) is 0 Å². The van der Waals surface area contributed by atoms with Crippen molar-refractivity contribution < 1.29 is 4.43 Å². The SMILES string of the molecule is CO[SiH](N(C)C)N(C)C. The Hall–Kier alpha value is 0.0969. The quantitative estimate of drug-likeness (QED) is 0.501. The molecule has 0 saturated carbocycles. The van der Waals surface area contributed by atoms with E-state index in [0.717, 1.165) is 0 Å². The molecule has 56 valence electrons. The Balaban J connectivity index is 3.68. The summed E-state index contributed by atoms with van der Waals surface area (Å²) in [4.78, 5) is 0. The first-order chi connectivity index (χ1) is 4.09.